The number of hydrogen-bond donors (Lipinski definition) is 0. The second-order valence-electron chi connectivity index (χ2n) is 6.04. The highest BCUT2D eigenvalue weighted by atomic mass is 16.6. The summed E-state index contributed by atoms with van der Waals surface area (Å²) >= 11 is 0. The first-order valence-electron chi connectivity index (χ1n) is 8.35. The van der Waals surface area contributed by atoms with Crippen molar-refractivity contribution in [1.29, 1.82) is 0 Å². The zero-order valence-electron chi connectivity index (χ0n) is 14.0. The Hall–Kier alpha value is -3.22. The molecule has 0 unspecified atom stereocenters. The molecule has 0 radical (unpaired) electrons. The molecular weight excluding hydrogens is 336 g/mol. The van der Waals surface area contributed by atoms with Gasteiger partial charge in [0.2, 0.25) is 6.10 Å². The van der Waals surface area contributed by atoms with Crippen molar-refractivity contribution in [3.05, 3.63) is 75.8 Å². The number of carbonyl (C=O) groups is 2. The molecule has 1 heterocycles. The van der Waals surface area contributed by atoms with E-state index in [1.54, 1.807) is 29.2 Å². The number of nitro benzene ring substituents is 1. The van der Waals surface area contributed by atoms with Crippen LogP contribution in [0.4, 0.5) is 5.69 Å². The number of hydrogen-bond acceptors (Lipinski definition) is 5. The summed E-state index contributed by atoms with van der Waals surface area (Å²) in [4.78, 5) is 37.3. The second-order valence-corrected chi connectivity index (χ2v) is 6.04. The van der Waals surface area contributed by atoms with Gasteiger partial charge in [-0.05, 0) is 18.9 Å². The van der Waals surface area contributed by atoms with E-state index in [0.29, 0.717) is 18.7 Å². The molecule has 0 saturated carbocycles. The molecular formula is C19H18N2O5. The SMILES string of the molecule is O=C(O[C@H](C(=O)N1CCCC1)c1ccccc1)c1cccc([N+](=O)[O-])c1. The average Bonchev–Trinajstić information content (AvgIpc) is 3.21. The van der Waals surface area contributed by atoms with Gasteiger partial charge in [0.05, 0.1) is 10.5 Å². The van der Waals surface area contributed by atoms with E-state index in [0.717, 1.165) is 18.9 Å². The number of ether oxygens (including phenoxy) is 1. The molecule has 1 saturated heterocycles. The number of likely N-dealkylation sites (tertiary alicyclic amines) is 1. The molecule has 1 atom stereocenters. The molecule has 0 bridgehead atoms. The van der Waals surface area contributed by atoms with Crippen LogP contribution < -0.4 is 0 Å². The van der Waals surface area contributed by atoms with E-state index in [-0.39, 0.29) is 17.2 Å². The molecule has 26 heavy (non-hydrogen) atoms. The Balaban J connectivity index is 1.85. The molecule has 1 aliphatic heterocycles. The first-order chi connectivity index (χ1) is 12.6. The molecule has 7 nitrogen and oxygen atoms in total. The number of amides is 1. The van der Waals surface area contributed by atoms with Gasteiger partial charge in [-0.15, -0.1) is 0 Å². The number of non-ortho nitro benzene ring substituents is 1. The Kier molecular flexibility index (Phi) is 5.26. The molecule has 0 aliphatic carbocycles. The van der Waals surface area contributed by atoms with Gasteiger partial charge in [-0.25, -0.2) is 4.79 Å². The monoisotopic (exact) mass is 354 g/mol. The first kappa shape index (κ1) is 17.6. The minimum atomic E-state index is -1.07. The fraction of sp³-hybridized carbons (Fsp3) is 0.263. The van der Waals surface area contributed by atoms with Gasteiger partial charge < -0.3 is 9.64 Å². The van der Waals surface area contributed by atoms with Crippen LogP contribution in [-0.2, 0) is 9.53 Å². The Morgan fingerprint density at radius 3 is 2.38 bits per heavy atom. The summed E-state index contributed by atoms with van der Waals surface area (Å²) in [6.45, 7) is 1.27. The summed E-state index contributed by atoms with van der Waals surface area (Å²) in [5, 5.41) is 10.9. The zero-order chi connectivity index (χ0) is 18.5. The van der Waals surface area contributed by atoms with Crippen molar-refractivity contribution in [2.75, 3.05) is 13.1 Å². The van der Waals surface area contributed by atoms with Gasteiger partial charge in [0.1, 0.15) is 0 Å². The standard InChI is InChI=1S/C19H18N2O5/c22-18(20-11-4-5-12-20)17(14-7-2-1-3-8-14)26-19(23)15-9-6-10-16(13-15)21(24)25/h1-3,6-10,13,17H,4-5,11-12H2/t17-/m0/s1. The first-order valence-corrected chi connectivity index (χ1v) is 8.35. The molecule has 1 fully saturated rings. The van der Waals surface area contributed by atoms with Crippen molar-refractivity contribution in [3.8, 4) is 0 Å². The van der Waals surface area contributed by atoms with E-state index in [1.165, 1.54) is 18.2 Å². The molecule has 134 valence electrons. The van der Waals surface area contributed by atoms with E-state index in [4.69, 9.17) is 4.74 Å². The van der Waals surface area contributed by atoms with Crippen molar-refractivity contribution < 1.29 is 19.2 Å². The van der Waals surface area contributed by atoms with E-state index < -0.39 is 17.0 Å². The average molecular weight is 354 g/mol. The van der Waals surface area contributed by atoms with Crippen LogP contribution in [0.15, 0.2) is 54.6 Å². The van der Waals surface area contributed by atoms with Crippen LogP contribution in [0.5, 0.6) is 0 Å². The summed E-state index contributed by atoms with van der Waals surface area (Å²) < 4.78 is 5.48. The van der Waals surface area contributed by atoms with Gasteiger partial charge in [-0.2, -0.15) is 0 Å². The topological polar surface area (TPSA) is 89.8 Å². The van der Waals surface area contributed by atoms with Gasteiger partial charge in [0, 0.05) is 30.8 Å². The highest BCUT2D eigenvalue weighted by Crippen LogP contribution is 2.25. The van der Waals surface area contributed by atoms with Gasteiger partial charge in [-0.3, -0.25) is 14.9 Å². The lowest BCUT2D eigenvalue weighted by molar-refractivity contribution is -0.384. The zero-order valence-corrected chi connectivity index (χ0v) is 14.0. The predicted molar refractivity (Wildman–Crippen MR) is 93.5 cm³/mol. The van der Waals surface area contributed by atoms with Crippen LogP contribution >= 0.6 is 0 Å². The maximum Gasteiger partial charge on any atom is 0.339 e. The summed E-state index contributed by atoms with van der Waals surface area (Å²) in [5.74, 6) is -1.04. The number of carbonyl (C=O) groups excluding carboxylic acids is 2. The van der Waals surface area contributed by atoms with Crippen molar-refractivity contribution in [1.82, 2.24) is 4.90 Å². The van der Waals surface area contributed by atoms with Gasteiger partial charge in [0.25, 0.3) is 11.6 Å². The minimum absolute atomic E-state index is 0.0364. The van der Waals surface area contributed by atoms with Crippen molar-refractivity contribution >= 4 is 17.6 Å². The maximum atomic E-state index is 12.8. The van der Waals surface area contributed by atoms with Crippen molar-refractivity contribution in [2.45, 2.75) is 18.9 Å². The van der Waals surface area contributed by atoms with Crippen LogP contribution in [0.1, 0.15) is 34.9 Å². The highest BCUT2D eigenvalue weighted by Gasteiger charge is 2.31. The van der Waals surface area contributed by atoms with Crippen LogP contribution in [-0.4, -0.2) is 34.8 Å². The molecule has 1 aliphatic rings. The summed E-state index contributed by atoms with van der Waals surface area (Å²) in [6, 6.07) is 14.1. The molecule has 2 aromatic rings. The smallest absolute Gasteiger partial charge is 0.339 e. The number of rotatable bonds is 5. The minimum Gasteiger partial charge on any atom is -0.444 e. The van der Waals surface area contributed by atoms with Crippen molar-refractivity contribution in [3.63, 3.8) is 0 Å². The van der Waals surface area contributed by atoms with E-state index in [1.807, 2.05) is 6.07 Å². The van der Waals surface area contributed by atoms with Crippen LogP contribution in [0.25, 0.3) is 0 Å². The molecule has 0 aromatic heterocycles. The number of nitrogens with zero attached hydrogens (tertiary/aromatic N) is 2. The quantitative estimate of drug-likeness (QED) is 0.467. The Bertz CT molecular complexity index is 816. The molecule has 3 rings (SSSR count). The maximum absolute atomic E-state index is 12.8. The fourth-order valence-electron chi connectivity index (χ4n) is 2.91. The third-order valence-corrected chi connectivity index (χ3v) is 4.26. The molecule has 0 N–H and O–H groups in total. The second kappa shape index (κ2) is 7.77. The lowest BCUT2D eigenvalue weighted by Crippen LogP contribution is -2.34. The lowest BCUT2D eigenvalue weighted by Gasteiger charge is -2.23. The normalized spacial score (nSPS) is 14.7. The van der Waals surface area contributed by atoms with Gasteiger partial charge in [0.15, 0.2) is 0 Å². The summed E-state index contributed by atoms with van der Waals surface area (Å²) in [7, 11) is 0. The van der Waals surface area contributed by atoms with E-state index in [9.17, 15) is 19.7 Å². The molecule has 2 aromatic carbocycles. The third-order valence-electron chi connectivity index (χ3n) is 4.26. The number of nitro groups is 1. The Morgan fingerprint density at radius 1 is 1.04 bits per heavy atom. The van der Waals surface area contributed by atoms with Crippen LogP contribution in [0, 0.1) is 10.1 Å². The Labute approximate surface area is 150 Å². The predicted octanol–water partition coefficient (Wildman–Crippen LogP) is 3.12. The van der Waals surface area contributed by atoms with E-state index in [2.05, 4.69) is 0 Å². The largest absolute Gasteiger partial charge is 0.444 e. The summed E-state index contributed by atoms with van der Waals surface area (Å²) in [6.07, 6.45) is 0.777. The van der Waals surface area contributed by atoms with Crippen LogP contribution in [0.2, 0.25) is 0 Å². The van der Waals surface area contributed by atoms with Gasteiger partial charge >= 0.3 is 5.97 Å². The van der Waals surface area contributed by atoms with E-state index >= 15 is 0 Å². The summed E-state index contributed by atoms with van der Waals surface area (Å²) in [5.41, 5.74) is 0.402. The van der Waals surface area contributed by atoms with Gasteiger partial charge in [-0.1, -0.05) is 36.4 Å². The number of esters is 1. The molecule has 0 spiro atoms. The van der Waals surface area contributed by atoms with Crippen molar-refractivity contribution in [2.24, 2.45) is 0 Å². The Morgan fingerprint density at radius 2 is 1.73 bits per heavy atom. The highest BCUT2D eigenvalue weighted by molar-refractivity contribution is 5.93. The van der Waals surface area contributed by atoms with Crippen LogP contribution in [0.3, 0.4) is 0 Å². The third kappa shape index (κ3) is 3.88. The molecule has 1 amide bonds. The lowest BCUT2D eigenvalue weighted by atomic mass is 10.1. The molecule has 7 heteroatoms. The fourth-order valence-corrected chi connectivity index (χ4v) is 2.91. The number of benzene rings is 2.